The summed E-state index contributed by atoms with van der Waals surface area (Å²) in [5.74, 6) is 0. The van der Waals surface area contributed by atoms with Crippen molar-refractivity contribution in [2.45, 2.75) is 24.8 Å². The topological polar surface area (TPSA) is 51.1 Å². The molecule has 0 amide bonds. The van der Waals surface area contributed by atoms with Crippen molar-refractivity contribution in [1.82, 2.24) is 9.29 Å². The minimum absolute atomic E-state index is 0.274. The van der Waals surface area contributed by atoms with Crippen molar-refractivity contribution < 1.29 is 8.42 Å². The highest BCUT2D eigenvalue weighted by Crippen LogP contribution is 2.19. The van der Waals surface area contributed by atoms with E-state index in [0.717, 1.165) is 11.3 Å². The van der Waals surface area contributed by atoms with Crippen LogP contribution in [0.25, 0.3) is 0 Å². The molecule has 0 fully saturated rings. The molecule has 102 valence electrons. The van der Waals surface area contributed by atoms with E-state index in [-0.39, 0.29) is 6.04 Å². The summed E-state index contributed by atoms with van der Waals surface area (Å²) in [6.07, 6.45) is 1.90. The number of aryl methyl sites for hydroxylation is 2. The van der Waals surface area contributed by atoms with Gasteiger partial charge in [-0.1, -0.05) is 18.2 Å². The van der Waals surface area contributed by atoms with Crippen LogP contribution in [0.1, 0.15) is 24.2 Å². The molecule has 1 N–H and O–H groups in total. The quantitative estimate of drug-likeness (QED) is 0.933. The van der Waals surface area contributed by atoms with Crippen molar-refractivity contribution in [3.63, 3.8) is 0 Å². The van der Waals surface area contributed by atoms with E-state index in [2.05, 4.69) is 4.72 Å². The van der Waals surface area contributed by atoms with Crippen LogP contribution in [0.5, 0.6) is 0 Å². The average molecular weight is 278 g/mol. The van der Waals surface area contributed by atoms with Crippen molar-refractivity contribution in [3.8, 4) is 0 Å². The highest BCUT2D eigenvalue weighted by atomic mass is 32.2. The molecule has 0 bridgehead atoms. The SMILES string of the molecule is Cc1ccccc1S(=O)(=O)NC(C)c1cccn1C. The molecule has 19 heavy (non-hydrogen) atoms. The van der Waals surface area contributed by atoms with Gasteiger partial charge in [0.25, 0.3) is 0 Å². The fraction of sp³-hybridized carbons (Fsp3) is 0.286. The van der Waals surface area contributed by atoms with Crippen molar-refractivity contribution in [2.75, 3.05) is 0 Å². The van der Waals surface area contributed by atoms with Gasteiger partial charge in [-0.15, -0.1) is 0 Å². The van der Waals surface area contributed by atoms with Gasteiger partial charge < -0.3 is 4.57 Å². The molecule has 0 saturated heterocycles. The smallest absolute Gasteiger partial charge is 0.241 e. The van der Waals surface area contributed by atoms with Gasteiger partial charge in [0.1, 0.15) is 0 Å². The lowest BCUT2D eigenvalue weighted by atomic mass is 10.2. The molecule has 1 aromatic carbocycles. The maximum Gasteiger partial charge on any atom is 0.241 e. The van der Waals surface area contributed by atoms with Crippen LogP contribution >= 0.6 is 0 Å². The molecule has 0 aliphatic heterocycles. The monoisotopic (exact) mass is 278 g/mol. The van der Waals surface area contributed by atoms with Crippen molar-refractivity contribution in [2.24, 2.45) is 7.05 Å². The maximum absolute atomic E-state index is 12.3. The number of hydrogen-bond acceptors (Lipinski definition) is 2. The van der Waals surface area contributed by atoms with Gasteiger partial charge in [-0.25, -0.2) is 13.1 Å². The zero-order valence-corrected chi connectivity index (χ0v) is 12.1. The molecule has 2 aromatic rings. The Hall–Kier alpha value is -1.59. The van der Waals surface area contributed by atoms with E-state index in [4.69, 9.17) is 0 Å². The Labute approximate surface area is 114 Å². The number of nitrogens with zero attached hydrogens (tertiary/aromatic N) is 1. The lowest BCUT2D eigenvalue weighted by molar-refractivity contribution is 0.558. The van der Waals surface area contributed by atoms with Gasteiger partial charge >= 0.3 is 0 Å². The van der Waals surface area contributed by atoms with Gasteiger partial charge in [-0.3, -0.25) is 0 Å². The van der Waals surface area contributed by atoms with E-state index in [1.165, 1.54) is 0 Å². The van der Waals surface area contributed by atoms with E-state index in [1.54, 1.807) is 25.1 Å². The maximum atomic E-state index is 12.3. The van der Waals surface area contributed by atoms with Crippen molar-refractivity contribution >= 4 is 10.0 Å². The molecule has 5 heteroatoms. The molecular formula is C14H18N2O2S. The predicted octanol–water partition coefficient (Wildman–Crippen LogP) is 2.37. The Balaban J connectivity index is 2.28. The number of rotatable bonds is 4. The lowest BCUT2D eigenvalue weighted by Crippen LogP contribution is -2.28. The van der Waals surface area contributed by atoms with Gasteiger partial charge in [0, 0.05) is 18.9 Å². The third-order valence-corrected chi connectivity index (χ3v) is 4.84. The number of nitrogens with one attached hydrogen (secondary N) is 1. The number of hydrogen-bond donors (Lipinski definition) is 1. The summed E-state index contributed by atoms with van der Waals surface area (Å²) in [4.78, 5) is 0.330. The minimum atomic E-state index is -3.50. The number of aromatic nitrogens is 1. The molecule has 1 aromatic heterocycles. The zero-order valence-electron chi connectivity index (χ0n) is 11.3. The van der Waals surface area contributed by atoms with Crippen LogP contribution in [0.3, 0.4) is 0 Å². The van der Waals surface area contributed by atoms with Gasteiger partial charge in [0.15, 0.2) is 0 Å². The second kappa shape index (κ2) is 5.19. The number of benzene rings is 1. The first-order valence-corrected chi connectivity index (χ1v) is 7.59. The summed E-state index contributed by atoms with van der Waals surface area (Å²) in [5, 5.41) is 0. The van der Waals surface area contributed by atoms with Gasteiger partial charge in [-0.2, -0.15) is 0 Å². The Morgan fingerprint density at radius 2 is 1.84 bits per heavy atom. The first kappa shape index (κ1) is 13.8. The highest BCUT2D eigenvalue weighted by Gasteiger charge is 2.20. The van der Waals surface area contributed by atoms with E-state index < -0.39 is 10.0 Å². The Bertz CT molecular complexity index is 674. The third-order valence-electron chi connectivity index (χ3n) is 3.14. The zero-order chi connectivity index (χ0) is 14.0. The molecule has 1 heterocycles. The second-order valence-electron chi connectivity index (χ2n) is 4.65. The van der Waals surface area contributed by atoms with E-state index in [9.17, 15) is 8.42 Å². The Kier molecular flexibility index (Phi) is 3.78. The van der Waals surface area contributed by atoms with E-state index in [1.807, 2.05) is 42.9 Å². The summed E-state index contributed by atoms with van der Waals surface area (Å²) < 4.78 is 29.3. The second-order valence-corrected chi connectivity index (χ2v) is 6.33. The van der Waals surface area contributed by atoms with E-state index >= 15 is 0 Å². The predicted molar refractivity (Wildman–Crippen MR) is 75.3 cm³/mol. The van der Waals surface area contributed by atoms with Crippen LogP contribution in [0.2, 0.25) is 0 Å². The molecule has 0 radical (unpaired) electrons. The normalized spacial score (nSPS) is 13.4. The standard InChI is InChI=1S/C14H18N2O2S/c1-11-7-4-5-9-14(11)19(17,18)15-12(2)13-8-6-10-16(13)3/h4-10,12,15H,1-3H3. The summed E-state index contributed by atoms with van der Waals surface area (Å²) in [7, 11) is -1.60. The third kappa shape index (κ3) is 2.88. The first-order chi connectivity index (χ1) is 8.92. The van der Waals surface area contributed by atoms with Crippen molar-refractivity contribution in [1.29, 1.82) is 0 Å². The van der Waals surface area contributed by atoms with Gasteiger partial charge in [0.2, 0.25) is 10.0 Å². The van der Waals surface area contributed by atoms with Crippen LogP contribution in [0.4, 0.5) is 0 Å². The summed E-state index contributed by atoms with van der Waals surface area (Å²) in [6.45, 7) is 3.63. The van der Waals surface area contributed by atoms with Crippen molar-refractivity contribution in [3.05, 3.63) is 53.9 Å². The molecule has 0 spiro atoms. The Morgan fingerprint density at radius 3 is 2.42 bits per heavy atom. The summed E-state index contributed by atoms with van der Waals surface area (Å²) >= 11 is 0. The lowest BCUT2D eigenvalue weighted by Gasteiger charge is -2.16. The Morgan fingerprint density at radius 1 is 1.16 bits per heavy atom. The first-order valence-electron chi connectivity index (χ1n) is 6.11. The van der Waals surface area contributed by atoms with Crippen LogP contribution in [0.15, 0.2) is 47.5 Å². The fourth-order valence-electron chi connectivity index (χ4n) is 2.14. The fourth-order valence-corrected chi connectivity index (χ4v) is 3.60. The molecule has 1 atom stereocenters. The largest absolute Gasteiger partial charge is 0.353 e. The molecule has 0 aliphatic carbocycles. The molecule has 2 rings (SSSR count). The van der Waals surface area contributed by atoms with E-state index in [0.29, 0.717) is 4.90 Å². The van der Waals surface area contributed by atoms with Crippen LogP contribution < -0.4 is 4.72 Å². The molecule has 0 saturated carbocycles. The molecular weight excluding hydrogens is 260 g/mol. The van der Waals surface area contributed by atoms with Crippen LogP contribution in [-0.4, -0.2) is 13.0 Å². The molecule has 4 nitrogen and oxygen atoms in total. The van der Waals surface area contributed by atoms with Gasteiger partial charge in [0.05, 0.1) is 10.9 Å². The number of sulfonamides is 1. The minimum Gasteiger partial charge on any atom is -0.353 e. The van der Waals surface area contributed by atoms with Crippen LogP contribution in [-0.2, 0) is 17.1 Å². The average Bonchev–Trinajstić information content (AvgIpc) is 2.75. The van der Waals surface area contributed by atoms with Gasteiger partial charge in [-0.05, 0) is 37.6 Å². The summed E-state index contributed by atoms with van der Waals surface area (Å²) in [5.41, 5.74) is 1.67. The highest BCUT2D eigenvalue weighted by molar-refractivity contribution is 7.89. The molecule has 0 aliphatic rings. The summed E-state index contributed by atoms with van der Waals surface area (Å²) in [6, 6.07) is 10.5. The van der Waals surface area contributed by atoms with Crippen LogP contribution in [0, 0.1) is 6.92 Å². The molecule has 1 unspecified atom stereocenters.